The third-order valence-electron chi connectivity index (χ3n) is 3.15. The lowest BCUT2D eigenvalue weighted by atomic mass is 10.1. The fraction of sp³-hybridized carbons (Fsp3) is 0.923. The van der Waals surface area contributed by atoms with Gasteiger partial charge in [-0.2, -0.15) is 0 Å². The van der Waals surface area contributed by atoms with Crippen LogP contribution >= 0.6 is 0 Å². The van der Waals surface area contributed by atoms with Gasteiger partial charge in [0.1, 0.15) is 0 Å². The molecule has 1 rings (SSSR count). The minimum atomic E-state index is -0.0988. The topological polar surface area (TPSA) is 38.8 Å². The zero-order valence-corrected chi connectivity index (χ0v) is 11.3. The van der Waals surface area contributed by atoms with Crippen molar-refractivity contribution in [1.82, 2.24) is 4.90 Å². The highest BCUT2D eigenvalue weighted by molar-refractivity contribution is 5.72. The van der Waals surface area contributed by atoms with E-state index in [4.69, 9.17) is 9.47 Å². The maximum absolute atomic E-state index is 11.6. The van der Waals surface area contributed by atoms with E-state index in [1.165, 1.54) is 0 Å². The number of esters is 1. The molecule has 1 aliphatic heterocycles. The van der Waals surface area contributed by atoms with Gasteiger partial charge in [0.2, 0.25) is 0 Å². The lowest BCUT2D eigenvalue weighted by Gasteiger charge is -2.25. The molecule has 4 heteroatoms. The van der Waals surface area contributed by atoms with E-state index >= 15 is 0 Å². The maximum atomic E-state index is 11.6. The summed E-state index contributed by atoms with van der Waals surface area (Å²) in [6.45, 7) is 9.87. The molecule has 1 fully saturated rings. The first-order valence-corrected chi connectivity index (χ1v) is 6.67. The van der Waals surface area contributed by atoms with Crippen molar-refractivity contribution in [2.24, 2.45) is 5.92 Å². The Balaban J connectivity index is 2.31. The van der Waals surface area contributed by atoms with Crippen LogP contribution in [0.5, 0.6) is 0 Å². The van der Waals surface area contributed by atoms with Crippen LogP contribution in [0.15, 0.2) is 0 Å². The van der Waals surface area contributed by atoms with E-state index in [0.717, 1.165) is 39.1 Å². The molecule has 2 unspecified atom stereocenters. The van der Waals surface area contributed by atoms with Crippen molar-refractivity contribution < 1.29 is 14.3 Å². The molecule has 0 aliphatic carbocycles. The fourth-order valence-corrected chi connectivity index (χ4v) is 2.16. The second kappa shape index (κ2) is 7.67. The molecule has 1 heterocycles. The van der Waals surface area contributed by atoms with E-state index in [9.17, 15) is 4.79 Å². The molecule has 1 saturated heterocycles. The van der Waals surface area contributed by atoms with Gasteiger partial charge in [0.25, 0.3) is 0 Å². The van der Waals surface area contributed by atoms with Crippen LogP contribution in [-0.4, -0.2) is 49.8 Å². The molecule has 0 saturated carbocycles. The van der Waals surface area contributed by atoms with Crippen LogP contribution in [0.4, 0.5) is 0 Å². The molecule has 0 aromatic rings. The average molecular weight is 243 g/mol. The summed E-state index contributed by atoms with van der Waals surface area (Å²) in [5.74, 6) is -0.158. The smallest absolute Gasteiger partial charge is 0.309 e. The molecule has 0 N–H and O–H groups in total. The van der Waals surface area contributed by atoms with Crippen molar-refractivity contribution in [2.75, 3.05) is 32.8 Å². The van der Waals surface area contributed by atoms with Crippen molar-refractivity contribution in [3.63, 3.8) is 0 Å². The Morgan fingerprint density at radius 3 is 2.82 bits per heavy atom. The number of likely N-dealkylation sites (N-methyl/N-ethyl adjacent to an activating group) is 1. The molecule has 0 amide bonds. The van der Waals surface area contributed by atoms with Crippen LogP contribution in [0.3, 0.4) is 0 Å². The third kappa shape index (κ3) is 5.04. The maximum Gasteiger partial charge on any atom is 0.309 e. The Morgan fingerprint density at radius 2 is 2.29 bits per heavy atom. The van der Waals surface area contributed by atoms with Crippen LogP contribution in [0.25, 0.3) is 0 Å². The van der Waals surface area contributed by atoms with Crippen LogP contribution < -0.4 is 0 Å². The first-order chi connectivity index (χ1) is 8.17. The van der Waals surface area contributed by atoms with Crippen LogP contribution in [0.1, 0.15) is 33.6 Å². The van der Waals surface area contributed by atoms with Gasteiger partial charge < -0.3 is 14.4 Å². The second-order valence-corrected chi connectivity index (χ2v) is 4.64. The van der Waals surface area contributed by atoms with E-state index in [1.807, 2.05) is 13.8 Å². The average Bonchev–Trinajstić information content (AvgIpc) is 2.81. The lowest BCUT2D eigenvalue weighted by Crippen LogP contribution is -2.37. The Morgan fingerprint density at radius 1 is 1.53 bits per heavy atom. The molecular weight excluding hydrogens is 218 g/mol. The molecule has 0 aromatic carbocycles. The highest BCUT2D eigenvalue weighted by atomic mass is 16.5. The van der Waals surface area contributed by atoms with Crippen molar-refractivity contribution in [3.8, 4) is 0 Å². The Hall–Kier alpha value is -0.610. The van der Waals surface area contributed by atoms with Crippen LogP contribution in [0.2, 0.25) is 0 Å². The van der Waals surface area contributed by atoms with Gasteiger partial charge in [0, 0.05) is 19.7 Å². The molecule has 1 aliphatic rings. The zero-order chi connectivity index (χ0) is 12.7. The number of hydrogen-bond donors (Lipinski definition) is 0. The van der Waals surface area contributed by atoms with Crippen molar-refractivity contribution in [2.45, 2.75) is 39.7 Å². The van der Waals surface area contributed by atoms with Gasteiger partial charge in [-0.25, -0.2) is 0 Å². The van der Waals surface area contributed by atoms with Gasteiger partial charge >= 0.3 is 5.97 Å². The van der Waals surface area contributed by atoms with E-state index in [0.29, 0.717) is 12.7 Å². The molecule has 0 spiro atoms. The van der Waals surface area contributed by atoms with Gasteiger partial charge in [-0.3, -0.25) is 4.79 Å². The molecule has 2 atom stereocenters. The predicted molar refractivity (Wildman–Crippen MR) is 66.9 cm³/mol. The highest BCUT2D eigenvalue weighted by Gasteiger charge is 2.22. The summed E-state index contributed by atoms with van der Waals surface area (Å²) in [4.78, 5) is 13.8. The number of nitrogens with zero attached hydrogens (tertiary/aromatic N) is 1. The van der Waals surface area contributed by atoms with Gasteiger partial charge in [-0.15, -0.1) is 0 Å². The number of ether oxygens (including phenoxy) is 2. The van der Waals surface area contributed by atoms with Gasteiger partial charge in [-0.1, -0.05) is 13.8 Å². The summed E-state index contributed by atoms with van der Waals surface area (Å²) >= 11 is 0. The predicted octanol–water partition coefficient (Wildman–Crippen LogP) is 1.69. The number of hydrogen-bond acceptors (Lipinski definition) is 4. The molecule has 0 aromatic heterocycles. The SMILES string of the molecule is CCOC(=O)C(C)CN(CC)CC1CCCO1. The third-order valence-corrected chi connectivity index (χ3v) is 3.15. The van der Waals surface area contributed by atoms with Gasteiger partial charge in [0.05, 0.1) is 18.6 Å². The Labute approximate surface area is 104 Å². The van der Waals surface area contributed by atoms with Crippen molar-refractivity contribution in [1.29, 1.82) is 0 Å². The molecule has 100 valence electrons. The Kier molecular flexibility index (Phi) is 6.52. The van der Waals surface area contributed by atoms with Crippen LogP contribution in [0, 0.1) is 5.92 Å². The molecule has 4 nitrogen and oxygen atoms in total. The summed E-state index contributed by atoms with van der Waals surface area (Å²) in [5, 5.41) is 0. The second-order valence-electron chi connectivity index (χ2n) is 4.64. The van der Waals surface area contributed by atoms with Crippen molar-refractivity contribution >= 4 is 5.97 Å². The normalized spacial score (nSPS) is 21.8. The lowest BCUT2D eigenvalue weighted by molar-refractivity contribution is -0.148. The molecular formula is C13H25NO3. The van der Waals surface area contributed by atoms with Crippen molar-refractivity contribution in [3.05, 3.63) is 0 Å². The van der Waals surface area contributed by atoms with E-state index in [1.54, 1.807) is 0 Å². The van der Waals surface area contributed by atoms with Gasteiger partial charge in [-0.05, 0) is 26.3 Å². The number of carbonyl (C=O) groups is 1. The minimum absolute atomic E-state index is 0.0590. The molecule has 17 heavy (non-hydrogen) atoms. The fourth-order valence-electron chi connectivity index (χ4n) is 2.16. The van der Waals surface area contributed by atoms with E-state index in [-0.39, 0.29) is 11.9 Å². The summed E-state index contributed by atoms with van der Waals surface area (Å²) in [5.41, 5.74) is 0. The van der Waals surface area contributed by atoms with E-state index < -0.39 is 0 Å². The summed E-state index contributed by atoms with van der Waals surface area (Å²) in [6.07, 6.45) is 2.66. The van der Waals surface area contributed by atoms with E-state index in [2.05, 4.69) is 11.8 Å². The summed E-state index contributed by atoms with van der Waals surface area (Å²) in [7, 11) is 0. The molecule has 0 radical (unpaired) electrons. The first-order valence-electron chi connectivity index (χ1n) is 6.67. The summed E-state index contributed by atoms with van der Waals surface area (Å²) in [6, 6.07) is 0. The standard InChI is InChI=1S/C13H25NO3/c1-4-14(10-12-7-6-8-17-12)9-11(3)13(15)16-5-2/h11-12H,4-10H2,1-3H3. The van der Waals surface area contributed by atoms with Gasteiger partial charge in [0.15, 0.2) is 0 Å². The number of rotatable bonds is 7. The minimum Gasteiger partial charge on any atom is -0.466 e. The largest absolute Gasteiger partial charge is 0.466 e. The Bertz CT molecular complexity index is 227. The number of carbonyl (C=O) groups excluding carboxylic acids is 1. The zero-order valence-electron chi connectivity index (χ0n) is 11.3. The van der Waals surface area contributed by atoms with Crippen LogP contribution in [-0.2, 0) is 14.3 Å². The monoisotopic (exact) mass is 243 g/mol. The quantitative estimate of drug-likeness (QED) is 0.638. The highest BCUT2D eigenvalue weighted by Crippen LogP contribution is 2.14. The molecule has 0 bridgehead atoms. The summed E-state index contributed by atoms with van der Waals surface area (Å²) < 4.78 is 10.6. The first kappa shape index (κ1) is 14.5.